The Kier molecular flexibility index (Phi) is 6.11. The van der Waals surface area contributed by atoms with Crippen molar-refractivity contribution in [2.45, 2.75) is 33.0 Å². The summed E-state index contributed by atoms with van der Waals surface area (Å²) >= 11 is 0. The first kappa shape index (κ1) is 18.4. The molecule has 0 heterocycles. The zero-order valence-corrected chi connectivity index (χ0v) is 14.3. The van der Waals surface area contributed by atoms with Crippen LogP contribution in [0.1, 0.15) is 19.4 Å². The molecule has 1 amide bonds. The summed E-state index contributed by atoms with van der Waals surface area (Å²) in [4.78, 5) is 24.2. The van der Waals surface area contributed by atoms with Gasteiger partial charge in [0.2, 0.25) is 0 Å². The van der Waals surface area contributed by atoms with Gasteiger partial charge in [0.25, 0.3) is 5.91 Å². The Morgan fingerprint density at radius 2 is 1.64 bits per heavy atom. The van der Waals surface area contributed by atoms with Gasteiger partial charge in [0.05, 0.1) is 0 Å². The maximum absolute atomic E-state index is 12.9. The Bertz CT molecular complexity index is 745. The number of amides is 1. The monoisotopic (exact) mass is 345 g/mol. The van der Waals surface area contributed by atoms with Gasteiger partial charge in [-0.25, -0.2) is 9.18 Å². The Hall–Kier alpha value is -2.89. The van der Waals surface area contributed by atoms with Crippen molar-refractivity contribution in [1.29, 1.82) is 0 Å². The van der Waals surface area contributed by atoms with E-state index < -0.39 is 29.9 Å². The molecule has 5 nitrogen and oxygen atoms in total. The predicted octanol–water partition coefficient (Wildman–Crippen LogP) is 3.47. The summed E-state index contributed by atoms with van der Waals surface area (Å²) in [6.07, 6.45) is -1.91. The third kappa shape index (κ3) is 5.31. The molecule has 0 fully saturated rings. The van der Waals surface area contributed by atoms with Gasteiger partial charge in [0.1, 0.15) is 11.6 Å². The fourth-order valence-corrected chi connectivity index (χ4v) is 2.04. The van der Waals surface area contributed by atoms with Crippen molar-refractivity contribution in [3.8, 4) is 5.75 Å². The molecule has 0 radical (unpaired) electrons. The maximum atomic E-state index is 12.9. The predicted molar refractivity (Wildman–Crippen MR) is 91.9 cm³/mol. The van der Waals surface area contributed by atoms with E-state index in [1.807, 2.05) is 19.1 Å². The first-order valence-corrected chi connectivity index (χ1v) is 7.86. The van der Waals surface area contributed by atoms with E-state index in [1.165, 1.54) is 38.1 Å². The normalized spacial score (nSPS) is 12.8. The van der Waals surface area contributed by atoms with Crippen molar-refractivity contribution in [2.24, 2.45) is 0 Å². The van der Waals surface area contributed by atoms with E-state index in [0.717, 1.165) is 5.56 Å². The molecule has 2 aromatic rings. The van der Waals surface area contributed by atoms with Gasteiger partial charge >= 0.3 is 5.97 Å². The molecule has 2 aromatic carbocycles. The van der Waals surface area contributed by atoms with Gasteiger partial charge < -0.3 is 14.8 Å². The Morgan fingerprint density at radius 3 is 2.28 bits per heavy atom. The highest BCUT2D eigenvalue weighted by Crippen LogP contribution is 2.15. The number of aryl methyl sites for hydroxylation is 1. The zero-order valence-electron chi connectivity index (χ0n) is 14.3. The average molecular weight is 345 g/mol. The molecule has 0 aromatic heterocycles. The van der Waals surface area contributed by atoms with Crippen LogP contribution >= 0.6 is 0 Å². The van der Waals surface area contributed by atoms with Crippen molar-refractivity contribution in [3.63, 3.8) is 0 Å². The quantitative estimate of drug-likeness (QED) is 0.814. The van der Waals surface area contributed by atoms with E-state index >= 15 is 0 Å². The second-order valence-electron chi connectivity index (χ2n) is 5.60. The molecule has 6 heteroatoms. The molecule has 0 aliphatic carbocycles. The number of hydrogen-bond acceptors (Lipinski definition) is 4. The van der Waals surface area contributed by atoms with Gasteiger partial charge in [-0.3, -0.25) is 4.79 Å². The molecule has 132 valence electrons. The minimum Gasteiger partial charge on any atom is -0.479 e. The van der Waals surface area contributed by atoms with Crippen LogP contribution in [-0.2, 0) is 14.3 Å². The van der Waals surface area contributed by atoms with Gasteiger partial charge in [0, 0.05) is 5.69 Å². The summed E-state index contributed by atoms with van der Waals surface area (Å²) in [7, 11) is 0. The van der Waals surface area contributed by atoms with Crippen molar-refractivity contribution in [1.82, 2.24) is 0 Å². The van der Waals surface area contributed by atoms with Gasteiger partial charge in [-0.2, -0.15) is 0 Å². The highest BCUT2D eigenvalue weighted by molar-refractivity contribution is 5.95. The Balaban J connectivity index is 1.89. The highest BCUT2D eigenvalue weighted by Gasteiger charge is 2.23. The number of rotatable bonds is 6. The Morgan fingerprint density at radius 1 is 1.00 bits per heavy atom. The van der Waals surface area contributed by atoms with Crippen LogP contribution in [0, 0.1) is 12.7 Å². The van der Waals surface area contributed by atoms with E-state index in [9.17, 15) is 14.0 Å². The van der Waals surface area contributed by atoms with Crippen molar-refractivity contribution >= 4 is 17.6 Å². The van der Waals surface area contributed by atoms with Crippen LogP contribution in [0.15, 0.2) is 48.5 Å². The minimum atomic E-state index is -0.980. The summed E-state index contributed by atoms with van der Waals surface area (Å²) in [5, 5.41) is 2.71. The van der Waals surface area contributed by atoms with E-state index in [4.69, 9.17) is 9.47 Å². The molecule has 0 aliphatic rings. The van der Waals surface area contributed by atoms with Crippen LogP contribution in [-0.4, -0.2) is 24.1 Å². The fourth-order valence-electron chi connectivity index (χ4n) is 2.04. The fraction of sp³-hybridized carbons (Fsp3) is 0.263. The average Bonchev–Trinajstić information content (AvgIpc) is 2.58. The summed E-state index contributed by atoms with van der Waals surface area (Å²) in [6.45, 7) is 4.85. The number of halogens is 1. The van der Waals surface area contributed by atoms with Crippen molar-refractivity contribution in [3.05, 3.63) is 59.9 Å². The molecule has 0 aliphatic heterocycles. The second-order valence-corrected chi connectivity index (χ2v) is 5.60. The summed E-state index contributed by atoms with van der Waals surface area (Å²) in [6, 6.07) is 12.6. The summed E-state index contributed by atoms with van der Waals surface area (Å²) < 4.78 is 23.4. The van der Waals surface area contributed by atoms with Crippen LogP contribution in [0.2, 0.25) is 0 Å². The second kappa shape index (κ2) is 8.28. The van der Waals surface area contributed by atoms with Gasteiger partial charge in [-0.15, -0.1) is 0 Å². The van der Waals surface area contributed by atoms with Crippen LogP contribution < -0.4 is 10.1 Å². The molecule has 0 bridgehead atoms. The van der Waals surface area contributed by atoms with Crippen LogP contribution in [0.3, 0.4) is 0 Å². The van der Waals surface area contributed by atoms with E-state index in [2.05, 4.69) is 5.32 Å². The van der Waals surface area contributed by atoms with Crippen LogP contribution in [0.25, 0.3) is 0 Å². The lowest BCUT2D eigenvalue weighted by Crippen LogP contribution is -2.35. The lowest BCUT2D eigenvalue weighted by molar-refractivity contribution is -0.159. The lowest BCUT2D eigenvalue weighted by Gasteiger charge is -2.18. The summed E-state index contributed by atoms with van der Waals surface area (Å²) in [5.74, 6) is -1.18. The topological polar surface area (TPSA) is 64.6 Å². The summed E-state index contributed by atoms with van der Waals surface area (Å²) in [5.41, 5.74) is 1.56. The standard InChI is InChI=1S/C19H20FNO4/c1-12-6-4-5-7-17(12)21-18(22)13(2)25-19(23)14(3)24-16-10-8-15(20)9-11-16/h4-11,13-14H,1-3H3,(H,21,22)/t13-,14+/m0/s1. The molecular formula is C19H20FNO4. The third-order valence-corrected chi connectivity index (χ3v) is 3.52. The molecule has 2 rings (SSSR count). The number of carbonyl (C=O) groups is 2. The third-order valence-electron chi connectivity index (χ3n) is 3.52. The SMILES string of the molecule is Cc1ccccc1NC(=O)[C@H](C)OC(=O)[C@@H](C)Oc1ccc(F)cc1. The number of nitrogens with one attached hydrogen (secondary N) is 1. The number of carbonyl (C=O) groups excluding carboxylic acids is 2. The number of hydrogen-bond donors (Lipinski definition) is 1. The Labute approximate surface area is 145 Å². The number of benzene rings is 2. The molecule has 2 atom stereocenters. The van der Waals surface area contributed by atoms with Gasteiger partial charge in [0.15, 0.2) is 12.2 Å². The number of ether oxygens (including phenoxy) is 2. The molecular weight excluding hydrogens is 325 g/mol. The van der Waals surface area contributed by atoms with E-state index in [-0.39, 0.29) is 0 Å². The first-order valence-electron chi connectivity index (χ1n) is 7.86. The number of para-hydroxylation sites is 1. The maximum Gasteiger partial charge on any atom is 0.347 e. The van der Waals surface area contributed by atoms with Crippen molar-refractivity contribution in [2.75, 3.05) is 5.32 Å². The smallest absolute Gasteiger partial charge is 0.347 e. The zero-order chi connectivity index (χ0) is 18.4. The van der Waals surface area contributed by atoms with Crippen molar-refractivity contribution < 1.29 is 23.5 Å². The van der Waals surface area contributed by atoms with Crippen LogP contribution in [0.4, 0.5) is 10.1 Å². The number of anilines is 1. The van der Waals surface area contributed by atoms with E-state index in [1.54, 1.807) is 12.1 Å². The molecule has 0 unspecified atom stereocenters. The largest absolute Gasteiger partial charge is 0.479 e. The van der Waals surface area contributed by atoms with Crippen LogP contribution in [0.5, 0.6) is 5.75 Å². The van der Waals surface area contributed by atoms with E-state index in [0.29, 0.717) is 11.4 Å². The molecule has 25 heavy (non-hydrogen) atoms. The molecule has 0 saturated carbocycles. The lowest BCUT2D eigenvalue weighted by atomic mass is 10.2. The first-order chi connectivity index (χ1) is 11.9. The van der Waals surface area contributed by atoms with Gasteiger partial charge in [-0.1, -0.05) is 18.2 Å². The van der Waals surface area contributed by atoms with Gasteiger partial charge in [-0.05, 0) is 56.7 Å². The minimum absolute atomic E-state index is 0.336. The molecule has 0 spiro atoms. The molecule has 0 saturated heterocycles. The molecule has 1 N–H and O–H groups in total. The highest BCUT2D eigenvalue weighted by atomic mass is 19.1. The number of esters is 1.